The summed E-state index contributed by atoms with van der Waals surface area (Å²) < 4.78 is 0. The molecule has 0 aromatic rings. The number of allylic oxidation sites excluding steroid dienone is 1. The number of unbranched alkanes of at least 4 members (excludes halogenated alkanes) is 2. The normalized spacial score (nSPS) is 22.1. The van der Waals surface area contributed by atoms with E-state index >= 15 is 0 Å². The zero-order valence-electron chi connectivity index (χ0n) is 10.7. The summed E-state index contributed by atoms with van der Waals surface area (Å²) in [6, 6.07) is 0. The van der Waals surface area contributed by atoms with Crippen LogP contribution in [0.15, 0.2) is 11.8 Å². The van der Waals surface area contributed by atoms with Gasteiger partial charge in [-0.3, -0.25) is 4.79 Å². The van der Waals surface area contributed by atoms with E-state index in [9.17, 15) is 9.59 Å². The van der Waals surface area contributed by atoms with Crippen LogP contribution in [0.4, 0.5) is 0 Å². The van der Waals surface area contributed by atoms with E-state index in [0.717, 1.165) is 19.3 Å². The summed E-state index contributed by atoms with van der Waals surface area (Å²) in [7, 11) is 0. The second-order valence-corrected chi connectivity index (χ2v) is 5.30. The number of carbonyl (C=O) groups excluding carboxylic acids is 1. The largest absolute Gasteiger partial charge is 0.477 e. The van der Waals surface area contributed by atoms with Gasteiger partial charge in [-0.15, -0.1) is 0 Å². The van der Waals surface area contributed by atoms with Crippen molar-refractivity contribution in [3.8, 4) is 0 Å². The average molecular weight is 239 g/mol. The third-order valence-corrected chi connectivity index (χ3v) is 3.22. The monoisotopic (exact) mass is 239 g/mol. The van der Waals surface area contributed by atoms with Crippen LogP contribution < -0.4 is 5.32 Å². The maximum absolute atomic E-state index is 11.8. The summed E-state index contributed by atoms with van der Waals surface area (Å²) >= 11 is 0. The van der Waals surface area contributed by atoms with Gasteiger partial charge in [0.1, 0.15) is 5.70 Å². The molecular weight excluding hydrogens is 218 g/mol. The molecule has 1 aliphatic carbocycles. The van der Waals surface area contributed by atoms with Gasteiger partial charge in [-0.05, 0) is 24.7 Å². The first-order chi connectivity index (χ1) is 7.88. The fourth-order valence-corrected chi connectivity index (χ4v) is 1.78. The fourth-order valence-electron chi connectivity index (χ4n) is 1.78. The summed E-state index contributed by atoms with van der Waals surface area (Å²) in [6.07, 6.45) is 5.06. The van der Waals surface area contributed by atoms with Crippen molar-refractivity contribution in [2.24, 2.45) is 11.3 Å². The Balaban J connectivity index is 2.53. The van der Waals surface area contributed by atoms with Crippen LogP contribution >= 0.6 is 0 Å². The Labute approximate surface area is 102 Å². The van der Waals surface area contributed by atoms with Crippen molar-refractivity contribution in [1.82, 2.24) is 5.32 Å². The Hall–Kier alpha value is -1.32. The molecule has 1 aliphatic rings. The highest BCUT2D eigenvalue weighted by atomic mass is 16.4. The minimum Gasteiger partial charge on any atom is -0.477 e. The highest BCUT2D eigenvalue weighted by Crippen LogP contribution is 2.51. The molecule has 1 amide bonds. The van der Waals surface area contributed by atoms with Crippen LogP contribution in [0.25, 0.3) is 0 Å². The predicted octanol–water partition coefficient (Wildman–Crippen LogP) is 2.31. The van der Waals surface area contributed by atoms with Gasteiger partial charge in [0.15, 0.2) is 0 Å². The van der Waals surface area contributed by atoms with Crippen LogP contribution in [0.3, 0.4) is 0 Å². The Bertz CT molecular complexity index is 345. The lowest BCUT2D eigenvalue weighted by atomic mass is 10.1. The minimum absolute atomic E-state index is 0.0196. The Morgan fingerprint density at radius 3 is 2.47 bits per heavy atom. The van der Waals surface area contributed by atoms with E-state index in [1.807, 2.05) is 20.8 Å². The van der Waals surface area contributed by atoms with Crippen molar-refractivity contribution in [2.75, 3.05) is 0 Å². The maximum Gasteiger partial charge on any atom is 0.352 e. The van der Waals surface area contributed by atoms with Crippen LogP contribution in [-0.4, -0.2) is 17.0 Å². The summed E-state index contributed by atoms with van der Waals surface area (Å²) in [5.74, 6) is -1.27. The van der Waals surface area contributed by atoms with Crippen LogP contribution in [-0.2, 0) is 9.59 Å². The minimum atomic E-state index is -1.06. The van der Waals surface area contributed by atoms with E-state index in [-0.39, 0.29) is 22.9 Å². The zero-order chi connectivity index (χ0) is 13.1. The van der Waals surface area contributed by atoms with Gasteiger partial charge in [-0.25, -0.2) is 4.79 Å². The van der Waals surface area contributed by atoms with E-state index in [4.69, 9.17) is 5.11 Å². The number of hydrogen-bond donors (Lipinski definition) is 2. The lowest BCUT2D eigenvalue weighted by Crippen LogP contribution is -2.29. The highest BCUT2D eigenvalue weighted by Gasteiger charge is 2.50. The number of nitrogens with one attached hydrogen (secondary N) is 1. The molecule has 0 bridgehead atoms. The van der Waals surface area contributed by atoms with Crippen molar-refractivity contribution in [3.05, 3.63) is 11.8 Å². The molecule has 0 heterocycles. The number of carbonyl (C=O) groups is 2. The van der Waals surface area contributed by atoms with E-state index in [2.05, 4.69) is 5.32 Å². The molecule has 2 N–H and O–H groups in total. The molecule has 1 saturated carbocycles. The maximum atomic E-state index is 11.8. The van der Waals surface area contributed by atoms with E-state index in [1.54, 1.807) is 6.08 Å². The molecular formula is C13H21NO3. The molecule has 1 atom stereocenters. The van der Waals surface area contributed by atoms with Gasteiger partial charge in [0.2, 0.25) is 5.91 Å². The molecule has 96 valence electrons. The third kappa shape index (κ3) is 3.88. The first kappa shape index (κ1) is 13.7. The molecule has 0 aromatic heterocycles. The predicted molar refractivity (Wildman–Crippen MR) is 65.3 cm³/mol. The fraction of sp³-hybridized carbons (Fsp3) is 0.692. The molecule has 1 fully saturated rings. The van der Waals surface area contributed by atoms with E-state index in [1.165, 1.54) is 0 Å². The van der Waals surface area contributed by atoms with Gasteiger partial charge in [0.05, 0.1) is 0 Å². The molecule has 0 saturated heterocycles. The number of carboxylic acid groups (broad SMARTS) is 1. The van der Waals surface area contributed by atoms with Crippen LogP contribution in [0.5, 0.6) is 0 Å². The van der Waals surface area contributed by atoms with Gasteiger partial charge in [0, 0.05) is 5.92 Å². The second-order valence-electron chi connectivity index (χ2n) is 5.30. The van der Waals surface area contributed by atoms with Gasteiger partial charge in [0.25, 0.3) is 0 Å². The lowest BCUT2D eigenvalue weighted by Gasteiger charge is -2.07. The lowest BCUT2D eigenvalue weighted by molar-refractivity contribution is -0.135. The molecule has 4 nitrogen and oxygen atoms in total. The highest BCUT2D eigenvalue weighted by molar-refractivity contribution is 5.94. The van der Waals surface area contributed by atoms with Crippen molar-refractivity contribution in [2.45, 2.75) is 46.5 Å². The standard InChI is InChI=1S/C13H21NO3/c1-4-5-6-7-10(12(16)17)14-11(15)9-8-13(9,2)3/h7,9H,4-6,8H2,1-3H3,(H,14,15)(H,16,17)/b10-7+. The first-order valence-corrected chi connectivity index (χ1v) is 6.13. The van der Waals surface area contributed by atoms with Crippen LogP contribution in [0.2, 0.25) is 0 Å². The van der Waals surface area contributed by atoms with Gasteiger partial charge >= 0.3 is 5.97 Å². The zero-order valence-corrected chi connectivity index (χ0v) is 10.7. The molecule has 0 aromatic carbocycles. The van der Waals surface area contributed by atoms with Crippen LogP contribution in [0.1, 0.15) is 46.5 Å². The molecule has 1 rings (SSSR count). The van der Waals surface area contributed by atoms with Gasteiger partial charge in [-0.1, -0.05) is 33.3 Å². The quantitative estimate of drug-likeness (QED) is 0.552. The molecule has 4 heteroatoms. The smallest absolute Gasteiger partial charge is 0.352 e. The summed E-state index contributed by atoms with van der Waals surface area (Å²) in [5.41, 5.74) is 0.0445. The van der Waals surface area contributed by atoms with E-state index in [0.29, 0.717) is 6.42 Å². The Kier molecular flexibility index (Phi) is 4.32. The molecule has 0 spiro atoms. The van der Waals surface area contributed by atoms with Crippen molar-refractivity contribution >= 4 is 11.9 Å². The Morgan fingerprint density at radius 2 is 2.06 bits per heavy atom. The van der Waals surface area contributed by atoms with Crippen molar-refractivity contribution < 1.29 is 14.7 Å². The average Bonchev–Trinajstić information content (AvgIpc) is 2.86. The number of amides is 1. The summed E-state index contributed by atoms with van der Waals surface area (Å²) in [4.78, 5) is 22.7. The summed E-state index contributed by atoms with van der Waals surface area (Å²) in [6.45, 7) is 6.07. The Morgan fingerprint density at radius 1 is 1.47 bits per heavy atom. The molecule has 0 aliphatic heterocycles. The SMILES string of the molecule is CCCC/C=C(/NC(=O)C1CC1(C)C)C(=O)O. The summed E-state index contributed by atoms with van der Waals surface area (Å²) in [5, 5.41) is 11.5. The topological polar surface area (TPSA) is 66.4 Å². The molecule has 0 radical (unpaired) electrons. The molecule has 17 heavy (non-hydrogen) atoms. The molecule has 1 unspecified atom stereocenters. The third-order valence-electron chi connectivity index (χ3n) is 3.22. The van der Waals surface area contributed by atoms with Crippen molar-refractivity contribution in [1.29, 1.82) is 0 Å². The van der Waals surface area contributed by atoms with E-state index < -0.39 is 5.97 Å². The van der Waals surface area contributed by atoms with Gasteiger partial charge in [-0.2, -0.15) is 0 Å². The van der Waals surface area contributed by atoms with Gasteiger partial charge < -0.3 is 10.4 Å². The number of hydrogen-bond acceptors (Lipinski definition) is 2. The number of carboxylic acids is 1. The first-order valence-electron chi connectivity index (χ1n) is 6.13. The van der Waals surface area contributed by atoms with Crippen LogP contribution in [0, 0.1) is 11.3 Å². The second kappa shape index (κ2) is 5.34. The number of aliphatic carboxylic acids is 1. The van der Waals surface area contributed by atoms with Crippen molar-refractivity contribution in [3.63, 3.8) is 0 Å². The number of rotatable bonds is 6.